The largest absolute Gasteiger partial charge is 0.445 e. The number of aliphatic hydroxyl groups is 1. The Kier molecular flexibility index (Phi) is 19.1. The number of nitrogens with two attached hydrogens (primary N) is 1. The Balaban J connectivity index is 0.000000321. The molecule has 0 bridgehead atoms. The van der Waals surface area contributed by atoms with Crippen molar-refractivity contribution in [1.29, 1.82) is 0 Å². The zero-order chi connectivity index (χ0) is 38.1. The SMILES string of the molecule is CCCCN.O=C(NCC(=O)N1CCCC1C(=O)NCC(=O)c1nc2ccccc2o1)OCc1ccccc1.OCc1ccccc1.c1ccccc1. The number of ether oxygens (including phenoxy) is 1. The van der Waals surface area contributed by atoms with Gasteiger partial charge in [-0.05, 0) is 49.1 Å². The van der Waals surface area contributed by atoms with Gasteiger partial charge < -0.3 is 35.5 Å². The zero-order valence-corrected chi connectivity index (χ0v) is 30.1. The van der Waals surface area contributed by atoms with Crippen LogP contribution >= 0.6 is 0 Å². The molecule has 3 amide bonds. The van der Waals surface area contributed by atoms with E-state index in [2.05, 4.69) is 22.5 Å². The monoisotopic (exact) mass is 723 g/mol. The van der Waals surface area contributed by atoms with Crippen molar-refractivity contribution in [2.75, 3.05) is 26.2 Å². The third-order valence-corrected chi connectivity index (χ3v) is 7.68. The number of Topliss-reactive ketones (excluding diaryl/α,β-unsaturated/α-hetero) is 1. The fraction of sp³-hybridized carbons (Fsp3) is 0.293. The number of oxazole rings is 1. The van der Waals surface area contributed by atoms with Gasteiger partial charge in [0.2, 0.25) is 17.6 Å². The Morgan fingerprint density at radius 2 is 1.42 bits per heavy atom. The lowest BCUT2D eigenvalue weighted by Crippen LogP contribution is -2.49. The van der Waals surface area contributed by atoms with Crippen LogP contribution in [-0.4, -0.2) is 70.9 Å². The summed E-state index contributed by atoms with van der Waals surface area (Å²) in [4.78, 5) is 55.0. The van der Waals surface area contributed by atoms with Crippen LogP contribution in [0.5, 0.6) is 0 Å². The number of alkyl carbamates (subject to hydrolysis) is 1. The summed E-state index contributed by atoms with van der Waals surface area (Å²) in [6.45, 7) is 3.00. The van der Waals surface area contributed by atoms with Gasteiger partial charge in [0.05, 0.1) is 13.2 Å². The molecular weight excluding hydrogens is 674 g/mol. The maximum absolute atomic E-state index is 12.6. The molecule has 53 heavy (non-hydrogen) atoms. The van der Waals surface area contributed by atoms with Crippen LogP contribution in [0.1, 0.15) is 54.4 Å². The van der Waals surface area contributed by atoms with E-state index >= 15 is 0 Å². The van der Waals surface area contributed by atoms with Crippen LogP contribution in [0.2, 0.25) is 0 Å². The number of fused-ring (bicyclic) bond motifs is 1. The summed E-state index contributed by atoms with van der Waals surface area (Å²) < 4.78 is 10.5. The van der Waals surface area contributed by atoms with Gasteiger partial charge in [0.1, 0.15) is 24.7 Å². The van der Waals surface area contributed by atoms with E-state index < -0.39 is 29.7 Å². The predicted molar refractivity (Wildman–Crippen MR) is 203 cm³/mol. The first-order chi connectivity index (χ1) is 25.9. The molecule has 5 aromatic rings. The number of likely N-dealkylation sites (tertiary alicyclic amines) is 1. The Bertz CT molecular complexity index is 1720. The maximum Gasteiger partial charge on any atom is 0.407 e. The van der Waals surface area contributed by atoms with Crippen LogP contribution in [-0.2, 0) is 27.5 Å². The van der Waals surface area contributed by atoms with Gasteiger partial charge >= 0.3 is 6.09 Å². The van der Waals surface area contributed by atoms with Gasteiger partial charge in [0, 0.05) is 6.54 Å². The van der Waals surface area contributed by atoms with Crippen molar-refractivity contribution < 1.29 is 33.4 Å². The van der Waals surface area contributed by atoms with Crippen molar-refractivity contribution in [2.45, 2.75) is 51.9 Å². The van der Waals surface area contributed by atoms with Crippen molar-refractivity contribution in [3.05, 3.63) is 138 Å². The lowest BCUT2D eigenvalue weighted by atomic mass is 10.2. The Labute approximate surface area is 310 Å². The van der Waals surface area contributed by atoms with Crippen molar-refractivity contribution in [3.63, 3.8) is 0 Å². The minimum Gasteiger partial charge on any atom is -0.445 e. The molecule has 1 fully saturated rings. The molecule has 1 atom stereocenters. The number of ketones is 1. The average Bonchev–Trinajstić information content (AvgIpc) is 3.89. The summed E-state index contributed by atoms with van der Waals surface area (Å²) in [7, 11) is 0. The van der Waals surface area contributed by atoms with Crippen LogP contribution in [0.25, 0.3) is 11.1 Å². The molecule has 280 valence electrons. The smallest absolute Gasteiger partial charge is 0.407 e. The number of para-hydroxylation sites is 2. The quantitative estimate of drug-likeness (QED) is 0.125. The van der Waals surface area contributed by atoms with Crippen LogP contribution in [0.15, 0.2) is 126 Å². The minimum atomic E-state index is -0.721. The van der Waals surface area contributed by atoms with Crippen molar-refractivity contribution >= 4 is 34.8 Å². The van der Waals surface area contributed by atoms with E-state index in [9.17, 15) is 19.2 Å². The van der Waals surface area contributed by atoms with Gasteiger partial charge in [-0.2, -0.15) is 0 Å². The predicted octanol–water partition coefficient (Wildman–Crippen LogP) is 5.65. The summed E-state index contributed by atoms with van der Waals surface area (Å²) in [5.41, 5.74) is 7.97. The first-order valence-electron chi connectivity index (χ1n) is 17.6. The number of amides is 3. The van der Waals surface area contributed by atoms with Crippen LogP contribution in [0.4, 0.5) is 4.79 Å². The number of carbonyl (C=O) groups is 4. The third-order valence-electron chi connectivity index (χ3n) is 7.68. The molecule has 0 radical (unpaired) electrons. The summed E-state index contributed by atoms with van der Waals surface area (Å²) in [5, 5.41) is 13.5. The van der Waals surface area contributed by atoms with E-state index in [1.165, 1.54) is 17.7 Å². The highest BCUT2D eigenvalue weighted by atomic mass is 16.5. The minimum absolute atomic E-state index is 0.0842. The van der Waals surface area contributed by atoms with E-state index in [1.54, 1.807) is 24.3 Å². The highest BCUT2D eigenvalue weighted by molar-refractivity contribution is 5.98. The molecule has 1 aromatic heterocycles. The fourth-order valence-corrected chi connectivity index (χ4v) is 4.89. The summed E-state index contributed by atoms with van der Waals surface area (Å²) in [5.74, 6) is -1.40. The van der Waals surface area contributed by atoms with Gasteiger partial charge in [-0.25, -0.2) is 9.78 Å². The number of aromatic nitrogens is 1. The zero-order valence-electron chi connectivity index (χ0n) is 30.1. The van der Waals surface area contributed by atoms with Crippen LogP contribution in [0, 0.1) is 0 Å². The third kappa shape index (κ3) is 15.5. The van der Waals surface area contributed by atoms with E-state index in [4.69, 9.17) is 20.0 Å². The number of hydrogen-bond acceptors (Lipinski definition) is 9. The van der Waals surface area contributed by atoms with Crippen LogP contribution < -0.4 is 16.4 Å². The van der Waals surface area contributed by atoms with Crippen LogP contribution in [0.3, 0.4) is 0 Å². The van der Waals surface area contributed by atoms with Gasteiger partial charge in [-0.1, -0.05) is 123 Å². The number of nitrogens with one attached hydrogen (secondary N) is 2. The lowest BCUT2D eigenvalue weighted by molar-refractivity contribution is -0.137. The number of aliphatic hydroxyl groups excluding tert-OH is 1. The van der Waals surface area contributed by atoms with E-state index in [0.717, 1.165) is 17.7 Å². The lowest BCUT2D eigenvalue weighted by Gasteiger charge is -2.23. The topological polar surface area (TPSA) is 177 Å². The number of benzene rings is 4. The molecule has 6 rings (SSSR count). The van der Waals surface area contributed by atoms with Crippen molar-refractivity contribution in [2.24, 2.45) is 5.73 Å². The standard InChI is InChI=1S/C24H24N4O6.C7H8O.C6H6.C4H11N/c29-19(23-27-17-9-4-5-11-20(17)34-23)13-25-22(31)18-10-6-12-28(18)21(30)14-26-24(32)33-15-16-7-2-1-3-8-16;8-6-7-4-2-1-3-5-7;1-2-4-6-5-3-1;1-2-3-4-5/h1-5,7-9,11,18H,6,10,12-15H2,(H,25,31)(H,26,32);1-5,8H,6H2;1-6H;2-5H2,1H3. The summed E-state index contributed by atoms with van der Waals surface area (Å²) in [6, 6.07) is 36.9. The number of hydrogen-bond donors (Lipinski definition) is 4. The fourth-order valence-electron chi connectivity index (χ4n) is 4.89. The van der Waals surface area contributed by atoms with Gasteiger partial charge in [-0.3, -0.25) is 14.4 Å². The first kappa shape index (κ1) is 41.6. The Hall–Kier alpha value is -5.85. The second kappa shape index (κ2) is 24.4. The summed E-state index contributed by atoms with van der Waals surface area (Å²) >= 11 is 0. The normalized spacial score (nSPS) is 12.8. The van der Waals surface area contributed by atoms with Crippen molar-refractivity contribution in [3.8, 4) is 0 Å². The van der Waals surface area contributed by atoms with Gasteiger partial charge in [0.25, 0.3) is 5.89 Å². The summed E-state index contributed by atoms with van der Waals surface area (Å²) in [6.07, 6.45) is 2.77. The number of carbonyl (C=O) groups excluding carboxylic acids is 4. The molecule has 1 aliphatic heterocycles. The van der Waals surface area contributed by atoms with E-state index in [0.29, 0.717) is 30.5 Å². The molecule has 1 aliphatic rings. The molecule has 0 aliphatic carbocycles. The molecular formula is C41H49N5O7. The molecule has 1 unspecified atom stereocenters. The molecule has 1 saturated heterocycles. The highest BCUT2D eigenvalue weighted by Crippen LogP contribution is 2.18. The maximum atomic E-state index is 12.6. The van der Waals surface area contributed by atoms with Gasteiger partial charge in [0.15, 0.2) is 5.58 Å². The highest BCUT2D eigenvalue weighted by Gasteiger charge is 2.34. The Morgan fingerprint density at radius 1 is 0.830 bits per heavy atom. The second-order valence-corrected chi connectivity index (χ2v) is 11.7. The molecule has 4 aromatic carbocycles. The molecule has 0 spiro atoms. The molecule has 12 heteroatoms. The molecule has 5 N–H and O–H groups in total. The molecule has 12 nitrogen and oxygen atoms in total. The average molecular weight is 724 g/mol. The van der Waals surface area contributed by atoms with Crippen molar-refractivity contribution in [1.82, 2.24) is 20.5 Å². The number of nitrogens with zero attached hydrogens (tertiary/aromatic N) is 2. The molecule has 0 saturated carbocycles. The number of unbranched alkanes of at least 4 members (excludes halogenated alkanes) is 1. The van der Waals surface area contributed by atoms with Gasteiger partial charge in [-0.15, -0.1) is 0 Å². The number of rotatable bonds is 11. The van der Waals surface area contributed by atoms with E-state index in [-0.39, 0.29) is 32.2 Å². The first-order valence-corrected chi connectivity index (χ1v) is 17.6. The second-order valence-electron chi connectivity index (χ2n) is 11.7. The Morgan fingerprint density at radius 3 is 1.96 bits per heavy atom. The van der Waals surface area contributed by atoms with E-state index in [1.807, 2.05) is 97.1 Å². The molecule has 2 heterocycles.